The Morgan fingerprint density at radius 3 is 2.85 bits per heavy atom. The molecule has 0 saturated heterocycles. The third-order valence-corrected chi connectivity index (χ3v) is 1.71. The highest BCUT2D eigenvalue weighted by Crippen LogP contribution is 2.14. The van der Waals surface area contributed by atoms with E-state index in [-0.39, 0.29) is 12.4 Å². The van der Waals surface area contributed by atoms with Crippen molar-refractivity contribution < 1.29 is 9.50 Å². The van der Waals surface area contributed by atoms with Crippen LogP contribution in [0.25, 0.3) is 6.08 Å². The van der Waals surface area contributed by atoms with Crippen molar-refractivity contribution in [1.29, 1.82) is 0 Å². The normalized spacial score (nSPS) is 11.0. The summed E-state index contributed by atoms with van der Waals surface area (Å²) in [5.74, 6) is -0.380. The molecule has 0 atom stereocenters. The molecule has 0 unspecified atom stereocenters. The van der Waals surface area contributed by atoms with Crippen molar-refractivity contribution in [3.05, 3.63) is 41.2 Å². The van der Waals surface area contributed by atoms with Crippen LogP contribution < -0.4 is 5.73 Å². The van der Waals surface area contributed by atoms with Gasteiger partial charge < -0.3 is 10.8 Å². The van der Waals surface area contributed by atoms with Gasteiger partial charge in [-0.05, 0) is 0 Å². The predicted octanol–water partition coefficient (Wildman–Crippen LogP) is 1.29. The summed E-state index contributed by atoms with van der Waals surface area (Å²) in [6, 6.07) is 4.89. The van der Waals surface area contributed by atoms with E-state index in [2.05, 4.69) is 0 Å². The van der Waals surface area contributed by atoms with E-state index < -0.39 is 0 Å². The van der Waals surface area contributed by atoms with Crippen molar-refractivity contribution >= 4 is 6.08 Å². The van der Waals surface area contributed by atoms with Crippen LogP contribution in [0, 0.1) is 5.82 Å². The maximum Gasteiger partial charge on any atom is 0.135 e. The lowest BCUT2D eigenvalue weighted by Gasteiger charge is -2.01. The van der Waals surface area contributed by atoms with Gasteiger partial charge in [0.2, 0.25) is 0 Å². The van der Waals surface area contributed by atoms with Crippen molar-refractivity contribution in [3.63, 3.8) is 0 Å². The summed E-state index contributed by atoms with van der Waals surface area (Å²) in [7, 11) is 0. The van der Waals surface area contributed by atoms with Gasteiger partial charge in [-0.15, -0.1) is 0 Å². The standard InChI is InChI=1S/C10H12FNO/c11-10-8(5-2-6-12)3-1-4-9(10)7-13/h1-5,13H,6-7,12H2. The quantitative estimate of drug-likeness (QED) is 0.738. The maximum absolute atomic E-state index is 13.3. The van der Waals surface area contributed by atoms with Crippen molar-refractivity contribution in [2.75, 3.05) is 6.54 Å². The van der Waals surface area contributed by atoms with Crippen LogP contribution in [0.3, 0.4) is 0 Å². The summed E-state index contributed by atoms with van der Waals surface area (Å²) in [4.78, 5) is 0. The van der Waals surface area contributed by atoms with Crippen LogP contribution >= 0.6 is 0 Å². The smallest absolute Gasteiger partial charge is 0.135 e. The molecule has 0 aliphatic rings. The van der Waals surface area contributed by atoms with Gasteiger partial charge in [0, 0.05) is 17.7 Å². The molecular weight excluding hydrogens is 169 g/mol. The lowest BCUT2D eigenvalue weighted by atomic mass is 10.1. The second-order valence-electron chi connectivity index (χ2n) is 2.62. The first-order valence-corrected chi connectivity index (χ1v) is 4.04. The van der Waals surface area contributed by atoms with Gasteiger partial charge in [-0.3, -0.25) is 0 Å². The van der Waals surface area contributed by atoms with Crippen LogP contribution in [0.4, 0.5) is 4.39 Å². The van der Waals surface area contributed by atoms with Gasteiger partial charge in [0.25, 0.3) is 0 Å². The molecule has 0 aromatic heterocycles. The molecule has 0 bridgehead atoms. The molecule has 1 aromatic rings. The Balaban J connectivity index is 3.01. The highest BCUT2D eigenvalue weighted by Gasteiger charge is 2.03. The average molecular weight is 181 g/mol. The molecule has 2 nitrogen and oxygen atoms in total. The van der Waals surface area contributed by atoms with Gasteiger partial charge in [-0.2, -0.15) is 0 Å². The van der Waals surface area contributed by atoms with E-state index in [9.17, 15) is 4.39 Å². The summed E-state index contributed by atoms with van der Waals surface area (Å²) >= 11 is 0. The van der Waals surface area contributed by atoms with Gasteiger partial charge in [0.15, 0.2) is 0 Å². The Hall–Kier alpha value is -1.19. The highest BCUT2D eigenvalue weighted by molar-refractivity contribution is 5.51. The van der Waals surface area contributed by atoms with Crippen molar-refractivity contribution in [3.8, 4) is 0 Å². The molecule has 1 rings (SSSR count). The fraction of sp³-hybridized carbons (Fsp3) is 0.200. The lowest BCUT2D eigenvalue weighted by molar-refractivity contribution is 0.275. The zero-order valence-electron chi connectivity index (χ0n) is 7.20. The number of hydrogen-bond acceptors (Lipinski definition) is 2. The van der Waals surface area contributed by atoms with E-state index in [1.165, 1.54) is 0 Å². The van der Waals surface area contributed by atoms with Gasteiger partial charge in [0.05, 0.1) is 6.61 Å². The molecule has 0 amide bonds. The Bertz CT molecular complexity index is 310. The summed E-state index contributed by atoms with van der Waals surface area (Å²) in [5, 5.41) is 8.78. The minimum atomic E-state index is -0.380. The molecule has 0 heterocycles. The molecule has 3 heteroatoms. The molecule has 0 radical (unpaired) electrons. The van der Waals surface area contributed by atoms with Crippen LogP contribution in [0.2, 0.25) is 0 Å². The van der Waals surface area contributed by atoms with Gasteiger partial charge >= 0.3 is 0 Å². The van der Waals surface area contributed by atoms with Gasteiger partial charge in [-0.1, -0.05) is 30.4 Å². The third kappa shape index (κ3) is 2.37. The van der Waals surface area contributed by atoms with Crippen LogP contribution in [0.1, 0.15) is 11.1 Å². The predicted molar refractivity (Wildman–Crippen MR) is 50.4 cm³/mol. The SMILES string of the molecule is NCC=Cc1cccc(CO)c1F. The summed E-state index contributed by atoms with van der Waals surface area (Å²) in [6.07, 6.45) is 3.27. The van der Waals surface area contributed by atoms with Crippen LogP contribution in [0.5, 0.6) is 0 Å². The minimum Gasteiger partial charge on any atom is -0.392 e. The fourth-order valence-electron chi connectivity index (χ4n) is 1.05. The number of benzene rings is 1. The van der Waals surface area contributed by atoms with Crippen LogP contribution in [0.15, 0.2) is 24.3 Å². The van der Waals surface area contributed by atoms with E-state index in [4.69, 9.17) is 10.8 Å². The molecular formula is C10H12FNO. The Labute approximate surface area is 76.5 Å². The van der Waals surface area contributed by atoms with Crippen molar-refractivity contribution in [2.24, 2.45) is 5.73 Å². The fourth-order valence-corrected chi connectivity index (χ4v) is 1.05. The van der Waals surface area contributed by atoms with Gasteiger partial charge in [0.1, 0.15) is 5.82 Å². The molecule has 1 aromatic carbocycles. The largest absolute Gasteiger partial charge is 0.392 e. The van der Waals surface area contributed by atoms with Crippen LogP contribution in [-0.2, 0) is 6.61 Å². The maximum atomic E-state index is 13.3. The van der Waals surface area contributed by atoms with E-state index in [0.717, 1.165) is 0 Å². The molecule has 0 fully saturated rings. The average Bonchev–Trinajstić information content (AvgIpc) is 2.16. The number of aliphatic hydroxyl groups excluding tert-OH is 1. The molecule has 3 N–H and O–H groups in total. The molecule has 0 aliphatic heterocycles. The molecule has 0 aliphatic carbocycles. The zero-order chi connectivity index (χ0) is 9.68. The second kappa shape index (κ2) is 4.74. The number of hydrogen-bond donors (Lipinski definition) is 2. The highest BCUT2D eigenvalue weighted by atomic mass is 19.1. The van der Waals surface area contributed by atoms with E-state index >= 15 is 0 Å². The summed E-state index contributed by atoms with van der Waals surface area (Å²) < 4.78 is 13.3. The molecule has 70 valence electrons. The number of halogens is 1. The summed E-state index contributed by atoms with van der Waals surface area (Å²) in [6.45, 7) is 0.0962. The molecule has 13 heavy (non-hydrogen) atoms. The third-order valence-electron chi connectivity index (χ3n) is 1.71. The van der Waals surface area contributed by atoms with Crippen molar-refractivity contribution in [1.82, 2.24) is 0 Å². The monoisotopic (exact) mass is 181 g/mol. The minimum absolute atomic E-state index is 0.282. The lowest BCUT2D eigenvalue weighted by Crippen LogP contribution is -1.94. The van der Waals surface area contributed by atoms with Gasteiger partial charge in [-0.25, -0.2) is 4.39 Å². The van der Waals surface area contributed by atoms with Crippen LogP contribution in [-0.4, -0.2) is 11.7 Å². The Morgan fingerprint density at radius 2 is 2.23 bits per heavy atom. The van der Waals surface area contributed by atoms with E-state index in [1.54, 1.807) is 30.4 Å². The number of aliphatic hydroxyl groups is 1. The second-order valence-corrected chi connectivity index (χ2v) is 2.62. The van der Waals surface area contributed by atoms with E-state index in [0.29, 0.717) is 17.7 Å². The van der Waals surface area contributed by atoms with E-state index in [1.807, 2.05) is 0 Å². The summed E-state index contributed by atoms with van der Waals surface area (Å²) in [5.41, 5.74) is 6.00. The Morgan fingerprint density at radius 1 is 1.46 bits per heavy atom. The van der Waals surface area contributed by atoms with Crippen molar-refractivity contribution in [2.45, 2.75) is 6.61 Å². The Kier molecular flexibility index (Phi) is 3.61. The molecule has 0 saturated carbocycles. The molecule has 0 spiro atoms. The number of rotatable bonds is 3. The first-order chi connectivity index (χ1) is 6.29. The first-order valence-electron chi connectivity index (χ1n) is 4.04. The topological polar surface area (TPSA) is 46.2 Å². The number of nitrogens with two attached hydrogens (primary N) is 1. The first kappa shape index (κ1) is 9.89. The zero-order valence-corrected chi connectivity index (χ0v) is 7.20.